The molecule has 2 aliphatic rings. The van der Waals surface area contributed by atoms with Crippen molar-refractivity contribution in [2.45, 2.75) is 45.1 Å². The maximum absolute atomic E-state index is 13.2. The second-order valence-electron chi connectivity index (χ2n) is 8.41. The summed E-state index contributed by atoms with van der Waals surface area (Å²) in [6.45, 7) is 3.98. The fraction of sp³-hybridized carbons (Fsp3) is 0.500. The van der Waals surface area contributed by atoms with Crippen LogP contribution >= 0.6 is 11.3 Å². The van der Waals surface area contributed by atoms with Crippen LogP contribution in [-0.4, -0.2) is 63.7 Å². The molecule has 11 heteroatoms. The summed E-state index contributed by atoms with van der Waals surface area (Å²) in [4.78, 5) is 44.3. The number of carbonyl (C=O) groups excluding carboxylic acids is 2. The van der Waals surface area contributed by atoms with Crippen LogP contribution in [0.15, 0.2) is 30.2 Å². The number of rotatable bonds is 7. The zero-order chi connectivity index (χ0) is 23.4. The van der Waals surface area contributed by atoms with E-state index >= 15 is 0 Å². The zero-order valence-corrected chi connectivity index (χ0v) is 19.4. The molecule has 0 spiro atoms. The number of fused-ring (bicyclic) bond motifs is 1. The predicted molar refractivity (Wildman–Crippen MR) is 126 cm³/mol. The Bertz CT molecular complexity index is 1080. The molecule has 0 aliphatic carbocycles. The lowest BCUT2D eigenvalue weighted by molar-refractivity contribution is -0.403. The van der Waals surface area contributed by atoms with Gasteiger partial charge in [0.15, 0.2) is 5.82 Å². The van der Waals surface area contributed by atoms with E-state index in [1.165, 1.54) is 0 Å². The molecule has 2 aliphatic heterocycles. The summed E-state index contributed by atoms with van der Waals surface area (Å²) in [7, 11) is 0. The maximum Gasteiger partial charge on any atom is 0.274 e. The number of hydrogen-bond donors (Lipinski definition) is 2. The van der Waals surface area contributed by atoms with E-state index in [0.717, 1.165) is 60.2 Å². The van der Waals surface area contributed by atoms with E-state index in [1.807, 2.05) is 19.1 Å². The molecule has 176 valence electrons. The smallest absolute Gasteiger partial charge is 0.274 e. The minimum Gasteiger partial charge on any atom is -0.355 e. The minimum absolute atomic E-state index is 0.0335. The van der Waals surface area contributed by atoms with Crippen molar-refractivity contribution < 1.29 is 14.5 Å². The summed E-state index contributed by atoms with van der Waals surface area (Å²) in [5.74, 6) is -0.106. The number of carbonyl (C=O) groups is 2. The summed E-state index contributed by atoms with van der Waals surface area (Å²) in [5, 5.41) is 18.3. The first-order valence-electron chi connectivity index (χ1n) is 11.2. The Labute approximate surface area is 195 Å². The molecule has 2 saturated heterocycles. The van der Waals surface area contributed by atoms with Crippen molar-refractivity contribution in [3.8, 4) is 0 Å². The predicted octanol–water partition coefficient (Wildman–Crippen LogP) is 2.69. The standard InChI is InChI=1S/C22H28N6O4S/c1-15-23-17-8-7-16(12-19(17)33-15)24-20(13-28(31)32)25-18-6-2-3-11-27(22(18)30)14-21(29)26-9-4-5-10-26/h7-8,12-13,18,24-25H,2-6,9-11,14H2,1H3. The van der Waals surface area contributed by atoms with Gasteiger partial charge in [-0.2, -0.15) is 0 Å². The Balaban J connectivity index is 1.47. The summed E-state index contributed by atoms with van der Waals surface area (Å²) < 4.78 is 0.968. The molecule has 2 fully saturated rings. The fourth-order valence-electron chi connectivity index (χ4n) is 4.30. The highest BCUT2D eigenvalue weighted by Gasteiger charge is 2.30. The lowest BCUT2D eigenvalue weighted by Gasteiger charge is -2.27. The van der Waals surface area contributed by atoms with E-state index in [9.17, 15) is 19.7 Å². The van der Waals surface area contributed by atoms with Crippen molar-refractivity contribution in [2.75, 3.05) is 31.5 Å². The van der Waals surface area contributed by atoms with Gasteiger partial charge in [0.1, 0.15) is 6.04 Å². The van der Waals surface area contributed by atoms with Gasteiger partial charge in [0, 0.05) is 25.3 Å². The molecule has 1 unspecified atom stereocenters. The number of nitrogens with one attached hydrogen (secondary N) is 2. The molecule has 2 N–H and O–H groups in total. The van der Waals surface area contributed by atoms with Crippen molar-refractivity contribution in [3.63, 3.8) is 0 Å². The Kier molecular flexibility index (Phi) is 7.07. The molecule has 1 aromatic heterocycles. The zero-order valence-electron chi connectivity index (χ0n) is 18.6. The third kappa shape index (κ3) is 5.78. The number of nitro groups is 1. The van der Waals surface area contributed by atoms with Gasteiger partial charge in [-0.3, -0.25) is 19.7 Å². The lowest BCUT2D eigenvalue weighted by Crippen LogP contribution is -2.49. The van der Waals surface area contributed by atoms with Crippen LogP contribution in [0.1, 0.15) is 37.1 Å². The van der Waals surface area contributed by atoms with Gasteiger partial charge in [-0.15, -0.1) is 11.3 Å². The van der Waals surface area contributed by atoms with E-state index in [1.54, 1.807) is 27.2 Å². The number of benzene rings is 1. The van der Waals surface area contributed by atoms with Crippen LogP contribution in [0, 0.1) is 17.0 Å². The number of amides is 2. The molecule has 0 bridgehead atoms. The first-order chi connectivity index (χ1) is 15.9. The highest BCUT2D eigenvalue weighted by atomic mass is 32.1. The van der Waals surface area contributed by atoms with E-state index in [4.69, 9.17) is 0 Å². The molecule has 3 heterocycles. The third-order valence-electron chi connectivity index (χ3n) is 5.90. The largest absolute Gasteiger partial charge is 0.355 e. The molecule has 2 amide bonds. The topological polar surface area (TPSA) is 121 Å². The van der Waals surface area contributed by atoms with Crippen LogP contribution in [0.2, 0.25) is 0 Å². The normalized spacial score (nSPS) is 19.6. The number of thiazole rings is 1. The highest BCUT2D eigenvalue weighted by molar-refractivity contribution is 7.18. The van der Waals surface area contributed by atoms with Gasteiger partial charge in [-0.1, -0.05) is 0 Å². The Morgan fingerprint density at radius 1 is 1.27 bits per heavy atom. The number of hydrogen-bond acceptors (Lipinski definition) is 8. The van der Waals surface area contributed by atoms with E-state index < -0.39 is 11.0 Å². The Hall–Kier alpha value is -3.21. The van der Waals surface area contributed by atoms with E-state index in [2.05, 4.69) is 15.6 Å². The monoisotopic (exact) mass is 472 g/mol. The van der Waals surface area contributed by atoms with Gasteiger partial charge in [0.2, 0.25) is 11.8 Å². The van der Waals surface area contributed by atoms with Crippen molar-refractivity contribution >= 4 is 39.1 Å². The average molecular weight is 473 g/mol. The number of nitrogens with zero attached hydrogens (tertiary/aromatic N) is 4. The molecular formula is C22H28N6O4S. The number of aryl methyl sites for hydroxylation is 1. The second kappa shape index (κ2) is 10.2. The first-order valence-corrected chi connectivity index (χ1v) is 12.0. The molecule has 2 aromatic rings. The van der Waals surface area contributed by atoms with E-state index in [-0.39, 0.29) is 24.2 Å². The van der Waals surface area contributed by atoms with Gasteiger partial charge in [-0.05, 0) is 57.2 Å². The molecule has 0 radical (unpaired) electrons. The Morgan fingerprint density at radius 2 is 2.03 bits per heavy atom. The number of likely N-dealkylation sites (tertiary alicyclic amines) is 2. The van der Waals surface area contributed by atoms with Crippen LogP contribution in [0.25, 0.3) is 10.2 Å². The molecule has 4 rings (SSSR count). The van der Waals surface area contributed by atoms with Crippen molar-refractivity contribution in [2.24, 2.45) is 0 Å². The summed E-state index contributed by atoms with van der Waals surface area (Å²) in [6.07, 6.45) is 4.95. The summed E-state index contributed by atoms with van der Waals surface area (Å²) in [5.41, 5.74) is 1.53. The van der Waals surface area contributed by atoms with Crippen LogP contribution in [0.3, 0.4) is 0 Å². The number of anilines is 1. The highest BCUT2D eigenvalue weighted by Crippen LogP contribution is 2.25. The quantitative estimate of drug-likeness (QED) is 0.469. The van der Waals surface area contributed by atoms with Crippen LogP contribution in [0.4, 0.5) is 5.69 Å². The average Bonchev–Trinajstić information content (AvgIpc) is 3.39. The lowest BCUT2D eigenvalue weighted by atomic mass is 10.1. The number of aromatic nitrogens is 1. The van der Waals surface area contributed by atoms with Gasteiger partial charge in [-0.25, -0.2) is 4.98 Å². The van der Waals surface area contributed by atoms with Crippen LogP contribution < -0.4 is 10.6 Å². The van der Waals surface area contributed by atoms with Crippen molar-refractivity contribution in [1.29, 1.82) is 0 Å². The van der Waals surface area contributed by atoms with E-state index in [0.29, 0.717) is 18.7 Å². The third-order valence-corrected chi connectivity index (χ3v) is 6.84. The van der Waals surface area contributed by atoms with Crippen LogP contribution in [0.5, 0.6) is 0 Å². The van der Waals surface area contributed by atoms with Crippen molar-refractivity contribution in [3.05, 3.63) is 45.3 Å². The minimum atomic E-state index is -0.646. The van der Waals surface area contributed by atoms with Gasteiger partial charge >= 0.3 is 0 Å². The van der Waals surface area contributed by atoms with Crippen LogP contribution in [-0.2, 0) is 9.59 Å². The Morgan fingerprint density at radius 3 is 2.79 bits per heavy atom. The van der Waals surface area contributed by atoms with Gasteiger partial charge in [0.05, 0.1) is 26.7 Å². The molecule has 1 aromatic carbocycles. The summed E-state index contributed by atoms with van der Waals surface area (Å²) >= 11 is 1.54. The second-order valence-corrected chi connectivity index (χ2v) is 9.64. The van der Waals surface area contributed by atoms with Gasteiger partial charge < -0.3 is 20.4 Å². The first kappa shape index (κ1) is 23.0. The molecule has 1 atom stereocenters. The molecule has 0 saturated carbocycles. The van der Waals surface area contributed by atoms with Gasteiger partial charge in [0.25, 0.3) is 6.20 Å². The molecule has 33 heavy (non-hydrogen) atoms. The molecule has 10 nitrogen and oxygen atoms in total. The SMILES string of the molecule is Cc1nc2ccc(NC(=C[N+](=O)[O-])NC3CCCCN(CC(=O)N4CCCC4)C3=O)cc2s1. The fourth-order valence-corrected chi connectivity index (χ4v) is 5.16. The maximum atomic E-state index is 13.2. The van der Waals surface area contributed by atoms with Crippen molar-refractivity contribution in [1.82, 2.24) is 20.1 Å². The summed E-state index contributed by atoms with van der Waals surface area (Å²) in [6, 6.07) is 4.89. The molecular weight excluding hydrogens is 444 g/mol.